The van der Waals surface area contributed by atoms with Crippen LogP contribution in [0.5, 0.6) is 11.5 Å². The summed E-state index contributed by atoms with van der Waals surface area (Å²) in [4.78, 5) is -0.994. The Morgan fingerprint density at radius 3 is 2.23 bits per heavy atom. The molecule has 0 unspecified atom stereocenters. The summed E-state index contributed by atoms with van der Waals surface area (Å²) in [5, 5.41) is 0. The highest BCUT2D eigenvalue weighted by Crippen LogP contribution is 2.27. The molecule has 0 N–H and O–H groups in total. The molecule has 1 atom stereocenters. The molecule has 0 aromatic heterocycles. The molecule has 0 saturated carbocycles. The number of rotatable bonds is 13. The lowest BCUT2D eigenvalue weighted by atomic mass is 10.0. The summed E-state index contributed by atoms with van der Waals surface area (Å²) >= 11 is 0. The monoisotopic (exact) mass is 519 g/mol. The van der Waals surface area contributed by atoms with E-state index in [1.54, 1.807) is 24.3 Å². The Hall–Kier alpha value is -2.67. The smallest absolute Gasteiger partial charge is 0.491 e. The maximum atomic E-state index is 12.7. The minimum absolute atomic E-state index is 0.282. The van der Waals surface area contributed by atoms with Gasteiger partial charge in [-0.25, -0.2) is 4.39 Å². The van der Waals surface area contributed by atoms with Gasteiger partial charge in [-0.1, -0.05) is 30.3 Å². The van der Waals surface area contributed by atoms with Crippen molar-refractivity contribution in [2.24, 2.45) is 0 Å². The summed E-state index contributed by atoms with van der Waals surface area (Å²) in [5.74, 6) is -0.0911. The second kappa shape index (κ2) is 12.9. The topological polar surface area (TPSA) is 30.9 Å². The van der Waals surface area contributed by atoms with E-state index in [-0.39, 0.29) is 11.5 Å². The van der Waals surface area contributed by atoms with Crippen LogP contribution >= 0.6 is 0 Å². The van der Waals surface area contributed by atoms with E-state index in [0.29, 0.717) is 24.0 Å². The van der Waals surface area contributed by atoms with Crippen molar-refractivity contribution in [2.45, 2.75) is 44.6 Å². The first kappa shape index (κ1) is 28.6. The zero-order valence-electron chi connectivity index (χ0n) is 18.1. The van der Waals surface area contributed by atoms with E-state index in [1.807, 2.05) is 0 Å². The highest BCUT2D eigenvalue weighted by Gasteiger charge is 2.42. The average Bonchev–Trinajstić information content (AvgIpc) is 2.74. The molecule has 0 aliphatic heterocycles. The van der Waals surface area contributed by atoms with Gasteiger partial charge >= 0.3 is 19.2 Å². The van der Waals surface area contributed by atoms with E-state index in [0.717, 1.165) is 6.07 Å². The van der Waals surface area contributed by atoms with Gasteiger partial charge in [-0.15, -0.1) is 13.2 Å². The van der Waals surface area contributed by atoms with Gasteiger partial charge in [-0.2, -0.15) is 26.9 Å². The third-order valence-electron chi connectivity index (χ3n) is 4.76. The number of para-hydroxylation sites is 1. The maximum absolute atomic E-state index is 12.7. The fourth-order valence-electron chi connectivity index (χ4n) is 3.13. The fraction of sp³-hybridized carbons (Fsp3) is 0.455. The van der Waals surface area contributed by atoms with Crippen molar-refractivity contribution in [1.82, 2.24) is 4.90 Å². The van der Waals surface area contributed by atoms with Gasteiger partial charge in [-0.3, -0.25) is 0 Å². The molecular formula is C22H22F9NO3. The molecule has 35 heavy (non-hydrogen) atoms. The minimum Gasteiger partial charge on any atom is -0.491 e. The maximum Gasteiger partial charge on any atom is 0.573 e. The van der Waals surface area contributed by atoms with Crippen LogP contribution in [0.15, 0.2) is 48.5 Å². The van der Waals surface area contributed by atoms with Crippen LogP contribution in [-0.2, 0) is 17.6 Å². The summed E-state index contributed by atoms with van der Waals surface area (Å²) in [6.07, 6.45) is -11.3. The molecule has 0 aliphatic rings. The van der Waals surface area contributed by atoms with Crippen molar-refractivity contribution >= 4 is 0 Å². The molecule has 2 aromatic rings. The molecule has 196 valence electrons. The molecule has 0 fully saturated rings. The van der Waals surface area contributed by atoms with Crippen LogP contribution in [0.1, 0.15) is 17.5 Å². The fourth-order valence-corrected chi connectivity index (χ4v) is 3.13. The average molecular weight is 519 g/mol. The van der Waals surface area contributed by atoms with E-state index >= 15 is 0 Å². The van der Waals surface area contributed by atoms with Gasteiger partial charge in [0.2, 0.25) is 0 Å². The Morgan fingerprint density at radius 2 is 1.60 bits per heavy atom. The van der Waals surface area contributed by atoms with E-state index in [1.165, 1.54) is 18.2 Å². The number of alkyl halides is 9. The second-order valence-electron chi connectivity index (χ2n) is 7.24. The quantitative estimate of drug-likeness (QED) is 0.224. The Balaban J connectivity index is 2.00. The van der Waals surface area contributed by atoms with Gasteiger partial charge in [0.1, 0.15) is 18.1 Å². The predicted molar refractivity (Wildman–Crippen MR) is 107 cm³/mol. The van der Waals surface area contributed by atoms with Crippen LogP contribution in [0, 0.1) is 0 Å². The Kier molecular flexibility index (Phi) is 10.5. The largest absolute Gasteiger partial charge is 0.573 e. The summed E-state index contributed by atoms with van der Waals surface area (Å²) in [6.45, 7) is -6.69. The molecule has 2 rings (SSSR count). The molecule has 4 nitrogen and oxygen atoms in total. The zero-order valence-corrected chi connectivity index (χ0v) is 18.1. The van der Waals surface area contributed by atoms with Crippen LogP contribution in [0.2, 0.25) is 0 Å². The van der Waals surface area contributed by atoms with Gasteiger partial charge < -0.3 is 14.2 Å². The number of hydrogen-bond donors (Lipinski definition) is 0. The Morgan fingerprint density at radius 1 is 0.886 bits per heavy atom. The first-order valence-electron chi connectivity index (χ1n) is 10.2. The van der Waals surface area contributed by atoms with Gasteiger partial charge in [-0.05, 0) is 48.6 Å². The van der Waals surface area contributed by atoms with E-state index < -0.39 is 56.6 Å². The molecule has 0 spiro atoms. The van der Waals surface area contributed by atoms with Crippen LogP contribution in [-0.4, -0.2) is 50.2 Å². The summed E-state index contributed by atoms with van der Waals surface area (Å²) in [5.41, 5.74) is 1.15. The summed E-state index contributed by atoms with van der Waals surface area (Å²) < 4.78 is 127. The van der Waals surface area contributed by atoms with Gasteiger partial charge in [0.15, 0.2) is 6.86 Å². The van der Waals surface area contributed by atoms with Crippen molar-refractivity contribution in [2.75, 3.05) is 20.0 Å². The molecule has 2 aromatic carbocycles. The van der Waals surface area contributed by atoms with E-state index in [4.69, 9.17) is 9.47 Å². The normalized spacial score (nSPS) is 13.3. The third-order valence-corrected chi connectivity index (χ3v) is 4.76. The molecule has 0 radical (unpaired) electrons. The van der Waals surface area contributed by atoms with Crippen molar-refractivity contribution in [1.29, 1.82) is 0 Å². The van der Waals surface area contributed by atoms with Crippen LogP contribution < -0.4 is 9.47 Å². The molecule has 0 bridgehead atoms. The number of ether oxygens (including phenoxy) is 3. The Bertz CT molecular complexity index is 906. The molecule has 0 aliphatic carbocycles. The molecule has 0 saturated heterocycles. The lowest BCUT2D eigenvalue weighted by Crippen LogP contribution is -2.43. The minimum atomic E-state index is -5.27. The SMILES string of the molecule is FCO[C@@H](CCN(C(F)F)C(F)(F)F)COc1ccccc1CCc1cccc(OC(F)(F)F)c1. The Labute approximate surface area is 195 Å². The lowest BCUT2D eigenvalue weighted by Gasteiger charge is -2.26. The predicted octanol–water partition coefficient (Wildman–Crippen LogP) is 6.50. The van der Waals surface area contributed by atoms with Crippen LogP contribution in [0.3, 0.4) is 0 Å². The highest BCUT2D eigenvalue weighted by atomic mass is 19.4. The van der Waals surface area contributed by atoms with Gasteiger partial charge in [0, 0.05) is 6.54 Å². The van der Waals surface area contributed by atoms with Gasteiger partial charge in [0.25, 0.3) is 0 Å². The van der Waals surface area contributed by atoms with Crippen LogP contribution in [0.25, 0.3) is 0 Å². The number of aryl methyl sites for hydroxylation is 2. The van der Waals surface area contributed by atoms with Crippen molar-refractivity contribution in [3.05, 3.63) is 59.7 Å². The third kappa shape index (κ3) is 10.2. The van der Waals surface area contributed by atoms with Crippen LogP contribution in [0.4, 0.5) is 39.5 Å². The van der Waals surface area contributed by atoms with Crippen molar-refractivity contribution < 1.29 is 53.7 Å². The lowest BCUT2D eigenvalue weighted by molar-refractivity contribution is -0.294. The molecule has 13 heteroatoms. The second-order valence-corrected chi connectivity index (χ2v) is 7.24. The standard InChI is InChI=1S/C22H22F9NO3/c23-14-34-18(10-11-32(20(24)25)21(26,27)28)13-33-19-7-2-1-5-16(19)9-8-15-4-3-6-17(12-15)35-22(29,30)31/h1-7,12,18,20H,8-11,13-14H2/t18-/m0/s1. The number of benzene rings is 2. The van der Waals surface area contributed by atoms with E-state index in [9.17, 15) is 39.5 Å². The molecule has 0 amide bonds. The molecule has 0 heterocycles. The number of nitrogens with zero attached hydrogens (tertiary/aromatic N) is 1. The highest BCUT2D eigenvalue weighted by molar-refractivity contribution is 5.35. The molecular weight excluding hydrogens is 497 g/mol. The summed E-state index contributed by atoms with van der Waals surface area (Å²) in [7, 11) is 0. The first-order chi connectivity index (χ1) is 16.4. The number of hydrogen-bond acceptors (Lipinski definition) is 4. The van der Waals surface area contributed by atoms with Crippen molar-refractivity contribution in [3.8, 4) is 11.5 Å². The van der Waals surface area contributed by atoms with Gasteiger partial charge in [0.05, 0.1) is 6.10 Å². The zero-order chi connectivity index (χ0) is 26.1. The first-order valence-corrected chi connectivity index (χ1v) is 10.2. The number of halogens is 9. The van der Waals surface area contributed by atoms with E-state index in [2.05, 4.69) is 4.74 Å². The van der Waals surface area contributed by atoms with Crippen molar-refractivity contribution in [3.63, 3.8) is 0 Å². The summed E-state index contributed by atoms with van der Waals surface area (Å²) in [6, 6.07) is 11.9.